The van der Waals surface area contributed by atoms with Crippen LogP contribution >= 0.6 is 0 Å². The van der Waals surface area contributed by atoms with Crippen molar-refractivity contribution in [3.8, 4) is 0 Å². The van der Waals surface area contributed by atoms with Crippen LogP contribution in [0, 0.1) is 0 Å². The van der Waals surface area contributed by atoms with Crippen molar-refractivity contribution < 1.29 is 14.7 Å². The molecule has 0 saturated heterocycles. The minimum Gasteiger partial charge on any atom is -0.481 e. The molecule has 1 aromatic carbocycles. The third-order valence-electron chi connectivity index (χ3n) is 3.95. The monoisotopic (exact) mass is 328 g/mol. The van der Waals surface area contributed by atoms with Crippen molar-refractivity contribution in [3.63, 3.8) is 0 Å². The molecule has 0 radical (unpaired) electrons. The minimum absolute atomic E-state index is 0.0641. The Balaban J connectivity index is 1.60. The van der Waals surface area contributed by atoms with Crippen LogP contribution in [0.2, 0.25) is 0 Å². The molecule has 0 aliphatic heterocycles. The fraction of sp³-hybridized carbons (Fsp3) is 0.353. The number of nitrogens with zero attached hydrogens (tertiary/aromatic N) is 2. The molecular formula is C17H20N4O3. The van der Waals surface area contributed by atoms with E-state index < -0.39 is 5.97 Å². The number of urea groups is 1. The SMILES string of the molecule is Cn1nc(C2CC2)cc1NC(=O)Nc1cccc(CCC(=O)O)c1. The highest BCUT2D eigenvalue weighted by Gasteiger charge is 2.27. The zero-order chi connectivity index (χ0) is 17.1. The molecule has 2 amide bonds. The number of hydrogen-bond acceptors (Lipinski definition) is 3. The van der Waals surface area contributed by atoms with Gasteiger partial charge >= 0.3 is 12.0 Å². The summed E-state index contributed by atoms with van der Waals surface area (Å²) in [5.74, 6) is 0.339. The number of anilines is 2. The lowest BCUT2D eigenvalue weighted by molar-refractivity contribution is -0.136. The van der Waals surface area contributed by atoms with E-state index in [4.69, 9.17) is 5.11 Å². The van der Waals surface area contributed by atoms with Crippen molar-refractivity contribution in [2.24, 2.45) is 7.05 Å². The zero-order valence-electron chi connectivity index (χ0n) is 13.5. The predicted octanol–water partition coefficient (Wildman–Crippen LogP) is 2.96. The Morgan fingerprint density at radius 3 is 2.79 bits per heavy atom. The van der Waals surface area contributed by atoms with Gasteiger partial charge in [-0.05, 0) is 37.0 Å². The second-order valence-corrected chi connectivity index (χ2v) is 6.03. The van der Waals surface area contributed by atoms with Gasteiger partial charge in [0.15, 0.2) is 0 Å². The van der Waals surface area contributed by atoms with E-state index in [1.54, 1.807) is 29.9 Å². The number of carboxylic acids is 1. The number of aromatic nitrogens is 2. The van der Waals surface area contributed by atoms with E-state index in [2.05, 4.69) is 15.7 Å². The van der Waals surface area contributed by atoms with Gasteiger partial charge in [-0.2, -0.15) is 5.10 Å². The van der Waals surface area contributed by atoms with E-state index in [0.717, 1.165) is 24.1 Å². The molecule has 126 valence electrons. The molecule has 3 rings (SSSR count). The van der Waals surface area contributed by atoms with Gasteiger partial charge in [-0.15, -0.1) is 0 Å². The molecule has 24 heavy (non-hydrogen) atoms. The Kier molecular flexibility index (Phi) is 4.50. The molecule has 7 nitrogen and oxygen atoms in total. The summed E-state index contributed by atoms with van der Waals surface area (Å²) >= 11 is 0. The van der Waals surface area contributed by atoms with Crippen LogP contribution in [0.25, 0.3) is 0 Å². The van der Waals surface area contributed by atoms with Crippen molar-refractivity contribution in [1.82, 2.24) is 9.78 Å². The Morgan fingerprint density at radius 1 is 1.29 bits per heavy atom. The van der Waals surface area contributed by atoms with Gasteiger partial charge in [-0.25, -0.2) is 4.79 Å². The summed E-state index contributed by atoms with van der Waals surface area (Å²) < 4.78 is 1.66. The third-order valence-corrected chi connectivity index (χ3v) is 3.95. The number of carbonyl (C=O) groups excluding carboxylic acids is 1. The number of aliphatic carboxylic acids is 1. The Labute approximate surface area is 139 Å². The normalized spacial score (nSPS) is 13.5. The first-order chi connectivity index (χ1) is 11.5. The van der Waals surface area contributed by atoms with Gasteiger partial charge in [0, 0.05) is 31.1 Å². The molecule has 1 aliphatic rings. The molecule has 7 heteroatoms. The molecule has 1 aliphatic carbocycles. The molecule has 0 atom stereocenters. The summed E-state index contributed by atoms with van der Waals surface area (Å²) in [6.45, 7) is 0. The van der Waals surface area contributed by atoms with Crippen molar-refractivity contribution >= 4 is 23.5 Å². The number of carbonyl (C=O) groups is 2. The lowest BCUT2D eigenvalue weighted by Gasteiger charge is -2.08. The quantitative estimate of drug-likeness (QED) is 0.759. The van der Waals surface area contributed by atoms with Crippen LogP contribution < -0.4 is 10.6 Å². The maximum absolute atomic E-state index is 12.1. The van der Waals surface area contributed by atoms with Crippen molar-refractivity contribution in [1.29, 1.82) is 0 Å². The van der Waals surface area contributed by atoms with Gasteiger partial charge in [-0.3, -0.25) is 14.8 Å². The molecule has 1 fully saturated rings. The number of carboxylic acid groups (broad SMARTS) is 1. The van der Waals surface area contributed by atoms with Gasteiger partial charge in [0.25, 0.3) is 0 Å². The molecule has 1 saturated carbocycles. The van der Waals surface area contributed by atoms with E-state index in [1.165, 1.54) is 0 Å². The summed E-state index contributed by atoms with van der Waals surface area (Å²) in [4.78, 5) is 22.8. The summed E-state index contributed by atoms with van der Waals surface area (Å²) in [6, 6.07) is 8.73. The fourth-order valence-electron chi connectivity index (χ4n) is 2.52. The Morgan fingerprint density at radius 2 is 2.08 bits per heavy atom. The molecular weight excluding hydrogens is 308 g/mol. The standard InChI is InChI=1S/C17H20N4O3/c1-21-15(10-14(20-21)12-6-7-12)19-17(24)18-13-4-2-3-11(9-13)5-8-16(22)23/h2-4,9-10,12H,5-8H2,1H3,(H,22,23)(H2,18,19,24). The van der Waals surface area contributed by atoms with E-state index >= 15 is 0 Å². The topological polar surface area (TPSA) is 96.3 Å². The highest BCUT2D eigenvalue weighted by molar-refractivity contribution is 5.99. The van der Waals surface area contributed by atoms with Crippen LogP contribution in [-0.2, 0) is 18.3 Å². The first-order valence-electron chi connectivity index (χ1n) is 7.94. The second-order valence-electron chi connectivity index (χ2n) is 6.03. The Hall–Kier alpha value is -2.83. The molecule has 3 N–H and O–H groups in total. The van der Waals surface area contributed by atoms with Gasteiger partial charge in [0.05, 0.1) is 5.69 Å². The fourth-order valence-corrected chi connectivity index (χ4v) is 2.52. The highest BCUT2D eigenvalue weighted by atomic mass is 16.4. The van der Waals surface area contributed by atoms with Crippen molar-refractivity contribution in [3.05, 3.63) is 41.6 Å². The van der Waals surface area contributed by atoms with E-state index in [-0.39, 0.29) is 12.5 Å². The maximum Gasteiger partial charge on any atom is 0.324 e. The molecule has 0 unspecified atom stereocenters. The highest BCUT2D eigenvalue weighted by Crippen LogP contribution is 2.39. The van der Waals surface area contributed by atoms with Crippen LogP contribution in [0.15, 0.2) is 30.3 Å². The maximum atomic E-state index is 12.1. The average molecular weight is 328 g/mol. The first-order valence-corrected chi connectivity index (χ1v) is 7.94. The van der Waals surface area contributed by atoms with E-state index in [9.17, 15) is 9.59 Å². The number of amides is 2. The number of rotatable bonds is 6. The van der Waals surface area contributed by atoms with Gasteiger partial charge < -0.3 is 10.4 Å². The summed E-state index contributed by atoms with van der Waals surface area (Å²) in [5.41, 5.74) is 2.51. The number of benzene rings is 1. The average Bonchev–Trinajstić information content (AvgIpc) is 3.31. The molecule has 0 spiro atoms. The third kappa shape index (κ3) is 4.13. The number of aryl methyl sites for hydroxylation is 2. The summed E-state index contributed by atoms with van der Waals surface area (Å²) in [7, 11) is 1.80. The van der Waals surface area contributed by atoms with Crippen LogP contribution in [-0.4, -0.2) is 26.9 Å². The van der Waals surface area contributed by atoms with Crippen molar-refractivity contribution in [2.45, 2.75) is 31.6 Å². The Bertz CT molecular complexity index is 765. The van der Waals surface area contributed by atoms with Gasteiger partial charge in [0.1, 0.15) is 5.82 Å². The molecule has 1 heterocycles. The molecule has 1 aromatic heterocycles. The summed E-state index contributed by atoms with van der Waals surface area (Å²) in [5, 5.41) is 18.7. The lowest BCUT2D eigenvalue weighted by Crippen LogP contribution is -2.21. The minimum atomic E-state index is -0.839. The smallest absolute Gasteiger partial charge is 0.324 e. The lowest BCUT2D eigenvalue weighted by atomic mass is 10.1. The number of hydrogen-bond donors (Lipinski definition) is 3. The van der Waals surface area contributed by atoms with E-state index in [0.29, 0.717) is 23.8 Å². The van der Waals surface area contributed by atoms with Crippen LogP contribution in [0.1, 0.15) is 36.4 Å². The molecule has 0 bridgehead atoms. The van der Waals surface area contributed by atoms with Gasteiger partial charge in [-0.1, -0.05) is 12.1 Å². The largest absolute Gasteiger partial charge is 0.481 e. The van der Waals surface area contributed by atoms with Crippen LogP contribution in [0.3, 0.4) is 0 Å². The van der Waals surface area contributed by atoms with Crippen molar-refractivity contribution in [2.75, 3.05) is 10.6 Å². The van der Waals surface area contributed by atoms with Gasteiger partial charge in [0.2, 0.25) is 0 Å². The van der Waals surface area contributed by atoms with Crippen LogP contribution in [0.5, 0.6) is 0 Å². The number of nitrogens with one attached hydrogen (secondary N) is 2. The molecule has 2 aromatic rings. The predicted molar refractivity (Wildman–Crippen MR) is 90.2 cm³/mol. The first kappa shape index (κ1) is 16.0. The zero-order valence-corrected chi connectivity index (χ0v) is 13.5. The second kappa shape index (κ2) is 6.74. The summed E-state index contributed by atoms with van der Waals surface area (Å²) in [6.07, 6.45) is 2.81. The van der Waals surface area contributed by atoms with E-state index in [1.807, 2.05) is 12.1 Å². The van der Waals surface area contributed by atoms with Crippen LogP contribution in [0.4, 0.5) is 16.3 Å².